The summed E-state index contributed by atoms with van der Waals surface area (Å²) in [4.78, 5) is 4.50. The van der Waals surface area contributed by atoms with Gasteiger partial charge in [-0.2, -0.15) is 0 Å². The van der Waals surface area contributed by atoms with Crippen molar-refractivity contribution < 1.29 is 29.5 Å². The Labute approximate surface area is 163 Å². The maximum Gasteiger partial charge on any atom is 0.227 e. The van der Waals surface area contributed by atoms with Gasteiger partial charge in [0.15, 0.2) is 0 Å². The molecule has 1 unspecified atom stereocenters. The smallest absolute Gasteiger partial charge is 0.227 e. The van der Waals surface area contributed by atoms with Gasteiger partial charge < -0.3 is 34.1 Å². The van der Waals surface area contributed by atoms with E-state index in [4.69, 9.17) is 14.2 Å². The molecule has 1 saturated heterocycles. The number of hydrogen-bond acceptors (Lipinski definition) is 7. The van der Waals surface area contributed by atoms with Crippen LogP contribution in [0.3, 0.4) is 0 Å². The lowest BCUT2D eigenvalue weighted by molar-refractivity contribution is -0.234. The van der Waals surface area contributed by atoms with Crippen LogP contribution in [0.4, 0.5) is 0 Å². The predicted molar refractivity (Wildman–Crippen MR) is 102 cm³/mol. The lowest BCUT2D eigenvalue weighted by Crippen LogP contribution is -2.56. The number of nitrogens with zero attached hydrogens (tertiary/aromatic N) is 2. The average Bonchev–Trinajstić information content (AvgIpc) is 3.25. The van der Waals surface area contributed by atoms with Gasteiger partial charge in [0.2, 0.25) is 12.2 Å². The number of fused-ring (bicyclic) bond motifs is 2. The fourth-order valence-electron chi connectivity index (χ4n) is 3.82. The van der Waals surface area contributed by atoms with E-state index >= 15 is 0 Å². The molecule has 2 aromatic rings. The minimum absolute atomic E-state index is 0.359. The fourth-order valence-corrected chi connectivity index (χ4v) is 3.82. The normalized spacial score (nSPS) is 29.7. The molecule has 2 aliphatic rings. The highest BCUT2D eigenvalue weighted by molar-refractivity contribution is 6.07. The van der Waals surface area contributed by atoms with Crippen LogP contribution in [0.15, 0.2) is 29.4 Å². The van der Waals surface area contributed by atoms with Gasteiger partial charge in [-0.15, -0.1) is 0 Å². The highest BCUT2D eigenvalue weighted by Crippen LogP contribution is 2.33. The lowest BCUT2D eigenvalue weighted by Gasteiger charge is -2.36. The maximum absolute atomic E-state index is 10.4. The van der Waals surface area contributed by atoms with Gasteiger partial charge in [-0.1, -0.05) is 13.8 Å². The lowest BCUT2D eigenvalue weighted by atomic mass is 9.98. The fraction of sp³-hybridized carbons (Fsp3) is 0.550. The van der Waals surface area contributed by atoms with E-state index in [-0.39, 0.29) is 0 Å². The van der Waals surface area contributed by atoms with Crippen LogP contribution in [0.5, 0.6) is 5.75 Å². The van der Waals surface area contributed by atoms with Gasteiger partial charge in [-0.25, -0.2) is 4.99 Å². The Morgan fingerprint density at radius 3 is 2.71 bits per heavy atom. The zero-order valence-corrected chi connectivity index (χ0v) is 16.1. The maximum atomic E-state index is 10.4. The Hall–Kier alpha value is -2.13. The van der Waals surface area contributed by atoms with Gasteiger partial charge in [-0.3, -0.25) is 0 Å². The summed E-state index contributed by atoms with van der Waals surface area (Å²) in [5.74, 6) is 1.56. The Balaban J connectivity index is 1.73. The summed E-state index contributed by atoms with van der Waals surface area (Å²) in [5.41, 5.74) is 1.79. The Bertz CT molecular complexity index is 892. The molecule has 0 radical (unpaired) electrons. The molecule has 5 atom stereocenters. The van der Waals surface area contributed by atoms with Gasteiger partial charge in [0.1, 0.15) is 30.1 Å². The molecule has 0 bridgehead atoms. The van der Waals surface area contributed by atoms with Gasteiger partial charge >= 0.3 is 0 Å². The van der Waals surface area contributed by atoms with E-state index in [2.05, 4.69) is 23.4 Å². The molecule has 1 aromatic heterocycles. The number of ether oxygens (including phenoxy) is 3. The average molecular weight is 390 g/mol. The topological polar surface area (TPSA) is 106 Å². The molecule has 3 N–H and O–H groups in total. The molecular weight excluding hydrogens is 364 g/mol. The summed E-state index contributed by atoms with van der Waals surface area (Å²) in [5, 5.41) is 30.8. The Kier molecular flexibility index (Phi) is 5.05. The van der Waals surface area contributed by atoms with Crippen LogP contribution < -0.4 is 4.74 Å². The molecule has 1 aromatic carbocycles. The summed E-state index contributed by atoms with van der Waals surface area (Å²) in [6, 6.07) is 5.07. The van der Waals surface area contributed by atoms with Crippen molar-refractivity contribution >= 4 is 16.8 Å². The first-order valence-electron chi connectivity index (χ1n) is 9.47. The molecule has 28 heavy (non-hydrogen) atoms. The van der Waals surface area contributed by atoms with Crippen LogP contribution in [-0.4, -0.2) is 70.1 Å². The van der Waals surface area contributed by atoms with Gasteiger partial charge in [0.05, 0.1) is 24.8 Å². The van der Waals surface area contributed by atoms with Crippen LogP contribution in [0.2, 0.25) is 0 Å². The zero-order chi connectivity index (χ0) is 20.0. The molecule has 8 heteroatoms. The van der Waals surface area contributed by atoms with E-state index in [0.29, 0.717) is 11.8 Å². The standard InChI is InChI=1S/C20H26N2O6/c1-10(2)7-22-8-13(12-5-4-11(26-3)6-14(12)22)19-21-16-18(25)17(24)15(9-23)27-20(16)28-19/h4-6,8,10,15-18,20,23-25H,7,9H2,1-3H3/t15-,16-,17-,18?,20-/m1/s1. The van der Waals surface area contributed by atoms with Crippen molar-refractivity contribution in [2.24, 2.45) is 10.9 Å². The second-order valence-corrected chi connectivity index (χ2v) is 7.72. The number of aliphatic imine (C=N–C) groups is 1. The minimum atomic E-state index is -1.22. The molecule has 0 saturated carbocycles. The number of benzene rings is 1. The highest BCUT2D eigenvalue weighted by atomic mass is 16.7. The highest BCUT2D eigenvalue weighted by Gasteiger charge is 2.49. The largest absolute Gasteiger partial charge is 0.497 e. The molecule has 3 heterocycles. The third kappa shape index (κ3) is 3.16. The van der Waals surface area contributed by atoms with Gasteiger partial charge in [0.25, 0.3) is 0 Å². The molecule has 4 rings (SSSR count). The molecule has 0 spiro atoms. The first-order chi connectivity index (χ1) is 13.4. The van der Waals surface area contributed by atoms with Crippen molar-refractivity contribution in [3.05, 3.63) is 30.0 Å². The molecule has 0 amide bonds. The van der Waals surface area contributed by atoms with E-state index in [0.717, 1.165) is 28.8 Å². The van der Waals surface area contributed by atoms with Crippen molar-refractivity contribution in [1.82, 2.24) is 4.57 Å². The van der Waals surface area contributed by atoms with Crippen molar-refractivity contribution in [2.45, 2.75) is 51.0 Å². The number of aromatic nitrogens is 1. The summed E-state index contributed by atoms with van der Waals surface area (Å²) in [6.07, 6.45) is -2.15. The van der Waals surface area contributed by atoms with E-state index in [1.807, 2.05) is 24.4 Å². The summed E-state index contributed by atoms with van der Waals surface area (Å²) in [6.45, 7) is 4.69. The third-order valence-corrected chi connectivity index (χ3v) is 5.22. The third-order valence-electron chi connectivity index (χ3n) is 5.22. The number of methoxy groups -OCH3 is 1. The van der Waals surface area contributed by atoms with Crippen LogP contribution >= 0.6 is 0 Å². The van der Waals surface area contributed by atoms with E-state index in [1.54, 1.807) is 7.11 Å². The zero-order valence-electron chi connectivity index (χ0n) is 16.1. The first-order valence-corrected chi connectivity index (χ1v) is 9.47. The second kappa shape index (κ2) is 7.36. The number of aliphatic hydroxyl groups excluding tert-OH is 3. The number of aliphatic hydroxyl groups is 3. The van der Waals surface area contributed by atoms with Crippen LogP contribution in [0.25, 0.3) is 10.9 Å². The molecular formula is C20H26N2O6. The van der Waals surface area contributed by atoms with E-state index < -0.39 is 37.3 Å². The Morgan fingerprint density at radius 2 is 2.04 bits per heavy atom. The van der Waals surface area contributed by atoms with E-state index in [9.17, 15) is 15.3 Å². The monoisotopic (exact) mass is 390 g/mol. The van der Waals surface area contributed by atoms with Crippen molar-refractivity contribution in [3.63, 3.8) is 0 Å². The second-order valence-electron chi connectivity index (χ2n) is 7.72. The first kappa shape index (κ1) is 19.2. The number of hydrogen-bond donors (Lipinski definition) is 3. The minimum Gasteiger partial charge on any atom is -0.497 e. The van der Waals surface area contributed by atoms with Crippen molar-refractivity contribution in [3.8, 4) is 5.75 Å². The molecule has 2 aliphatic heterocycles. The molecule has 1 fully saturated rings. The van der Waals surface area contributed by atoms with Crippen molar-refractivity contribution in [1.29, 1.82) is 0 Å². The summed E-state index contributed by atoms with van der Waals surface area (Å²) in [7, 11) is 1.63. The predicted octanol–water partition coefficient (Wildman–Crippen LogP) is 0.890. The quantitative estimate of drug-likeness (QED) is 0.700. The summed E-state index contributed by atoms with van der Waals surface area (Å²) < 4.78 is 19.0. The molecule has 8 nitrogen and oxygen atoms in total. The van der Waals surface area contributed by atoms with Crippen LogP contribution in [0.1, 0.15) is 19.4 Å². The summed E-state index contributed by atoms with van der Waals surface area (Å²) >= 11 is 0. The Morgan fingerprint density at radius 1 is 1.25 bits per heavy atom. The van der Waals surface area contributed by atoms with Crippen molar-refractivity contribution in [2.75, 3.05) is 13.7 Å². The molecule has 0 aliphatic carbocycles. The van der Waals surface area contributed by atoms with E-state index in [1.165, 1.54) is 0 Å². The van der Waals surface area contributed by atoms with Gasteiger partial charge in [0, 0.05) is 24.2 Å². The van der Waals surface area contributed by atoms with Crippen LogP contribution in [-0.2, 0) is 16.0 Å². The molecule has 152 valence electrons. The van der Waals surface area contributed by atoms with Gasteiger partial charge in [-0.05, 0) is 18.1 Å². The number of rotatable bonds is 5. The van der Waals surface area contributed by atoms with Crippen LogP contribution in [0, 0.1) is 5.92 Å². The SMILES string of the molecule is COc1ccc2c(C3=N[C@@H]4C(O)[C@H](O)[C@@H](CO)O[C@@H]4O3)cn(CC(C)C)c2c1.